The van der Waals surface area contributed by atoms with Gasteiger partial charge in [0.05, 0.1) is 12.1 Å². The van der Waals surface area contributed by atoms with Crippen molar-refractivity contribution in [3.63, 3.8) is 0 Å². The third-order valence-corrected chi connectivity index (χ3v) is 3.84. The van der Waals surface area contributed by atoms with Crippen LogP contribution in [0.2, 0.25) is 0 Å². The summed E-state index contributed by atoms with van der Waals surface area (Å²) in [6.07, 6.45) is 0.189. The molecule has 0 saturated heterocycles. The third kappa shape index (κ3) is 4.41. The molecule has 0 unspecified atom stereocenters. The van der Waals surface area contributed by atoms with E-state index in [-0.39, 0.29) is 29.7 Å². The number of carbonyl (C=O) groups is 1. The van der Waals surface area contributed by atoms with Gasteiger partial charge in [0.25, 0.3) is 0 Å². The average Bonchev–Trinajstić information content (AvgIpc) is 2.65. The molecular formula is C19H15F3N4O. The normalized spacial score (nSPS) is 10.5. The number of aromatic nitrogens is 2. The largest absolute Gasteiger partial charge is 0.336 e. The van der Waals surface area contributed by atoms with Gasteiger partial charge < -0.3 is 10.6 Å². The van der Waals surface area contributed by atoms with Crippen LogP contribution in [0.5, 0.6) is 0 Å². The van der Waals surface area contributed by atoms with Gasteiger partial charge >= 0.3 is 0 Å². The Labute approximate surface area is 153 Å². The maximum absolute atomic E-state index is 13.7. The number of carbonyl (C=O) groups excluding carboxylic acids is 1. The lowest BCUT2D eigenvalue weighted by atomic mass is 10.1. The fourth-order valence-corrected chi connectivity index (χ4v) is 2.39. The minimum atomic E-state index is -1.58. The second-order valence-electron chi connectivity index (χ2n) is 5.80. The summed E-state index contributed by atoms with van der Waals surface area (Å²) in [5.74, 6) is -4.15. The first-order chi connectivity index (χ1) is 12.9. The quantitative estimate of drug-likeness (QED) is 0.661. The highest BCUT2D eigenvalue weighted by Crippen LogP contribution is 2.22. The molecule has 3 rings (SSSR count). The Balaban J connectivity index is 1.64. The number of hydrogen-bond acceptors (Lipinski definition) is 4. The summed E-state index contributed by atoms with van der Waals surface area (Å²) in [6, 6.07) is 12.3. The topological polar surface area (TPSA) is 66.9 Å². The molecule has 0 aliphatic carbocycles. The fourth-order valence-electron chi connectivity index (χ4n) is 2.39. The molecule has 0 bridgehead atoms. The van der Waals surface area contributed by atoms with Crippen molar-refractivity contribution >= 4 is 23.2 Å². The molecule has 0 fully saturated rings. The number of halogens is 3. The van der Waals surface area contributed by atoms with Gasteiger partial charge in [0, 0.05) is 0 Å². The van der Waals surface area contributed by atoms with Crippen LogP contribution in [0.3, 0.4) is 0 Å². The van der Waals surface area contributed by atoms with Crippen molar-refractivity contribution in [2.45, 2.75) is 13.3 Å². The van der Waals surface area contributed by atoms with Crippen molar-refractivity contribution in [2.24, 2.45) is 0 Å². The van der Waals surface area contributed by atoms with Crippen LogP contribution in [-0.4, -0.2) is 16.1 Å². The van der Waals surface area contributed by atoms with E-state index in [0.29, 0.717) is 0 Å². The number of benzene rings is 2. The molecule has 8 heteroatoms. The maximum atomic E-state index is 13.7. The van der Waals surface area contributed by atoms with Crippen molar-refractivity contribution in [1.82, 2.24) is 10.2 Å². The summed E-state index contributed by atoms with van der Waals surface area (Å²) in [4.78, 5) is 12.1. The van der Waals surface area contributed by atoms with E-state index in [1.54, 1.807) is 0 Å². The lowest BCUT2D eigenvalue weighted by Gasteiger charge is -2.09. The molecule has 0 radical (unpaired) electrons. The smallest absolute Gasteiger partial charge is 0.230 e. The van der Waals surface area contributed by atoms with Crippen LogP contribution in [0.4, 0.5) is 30.5 Å². The molecule has 27 heavy (non-hydrogen) atoms. The first-order valence-corrected chi connectivity index (χ1v) is 8.02. The molecule has 0 aliphatic rings. The van der Waals surface area contributed by atoms with Gasteiger partial charge in [-0.2, -0.15) is 0 Å². The monoisotopic (exact) mass is 372 g/mol. The molecule has 2 N–H and O–H groups in total. The number of aryl methyl sites for hydroxylation is 1. The van der Waals surface area contributed by atoms with E-state index in [4.69, 9.17) is 0 Å². The number of hydrogen-bond donors (Lipinski definition) is 2. The molecule has 1 aromatic heterocycles. The summed E-state index contributed by atoms with van der Waals surface area (Å²) in [6.45, 7) is 1.92. The van der Waals surface area contributed by atoms with Crippen LogP contribution < -0.4 is 10.6 Å². The molecule has 0 saturated carbocycles. The molecule has 1 amide bonds. The van der Waals surface area contributed by atoms with E-state index in [9.17, 15) is 18.0 Å². The van der Waals surface area contributed by atoms with Crippen LogP contribution >= 0.6 is 0 Å². The van der Waals surface area contributed by atoms with E-state index >= 15 is 0 Å². The summed E-state index contributed by atoms with van der Waals surface area (Å²) in [5, 5.41) is 12.7. The Kier molecular flexibility index (Phi) is 5.35. The SMILES string of the molecule is Cc1ccccc1CC(=O)Nc1ccc(Nc2ccc(F)c(F)c2F)nn1. The van der Waals surface area contributed by atoms with Crippen LogP contribution in [0.15, 0.2) is 48.5 Å². The van der Waals surface area contributed by atoms with E-state index in [1.807, 2.05) is 31.2 Å². The predicted molar refractivity (Wildman–Crippen MR) is 95.1 cm³/mol. The minimum absolute atomic E-state index is 0.108. The van der Waals surface area contributed by atoms with Crippen LogP contribution in [-0.2, 0) is 11.2 Å². The molecule has 0 atom stereocenters. The molecule has 1 heterocycles. The Morgan fingerprint density at radius 3 is 2.33 bits per heavy atom. The van der Waals surface area contributed by atoms with E-state index in [2.05, 4.69) is 20.8 Å². The number of amides is 1. The highest BCUT2D eigenvalue weighted by molar-refractivity contribution is 5.91. The highest BCUT2D eigenvalue weighted by atomic mass is 19.2. The van der Waals surface area contributed by atoms with E-state index in [1.165, 1.54) is 12.1 Å². The Hall–Kier alpha value is -3.42. The zero-order valence-electron chi connectivity index (χ0n) is 14.3. The first-order valence-electron chi connectivity index (χ1n) is 8.02. The number of nitrogens with zero attached hydrogens (tertiary/aromatic N) is 2. The standard InChI is InChI=1S/C19H15F3N4O/c1-11-4-2-3-5-12(11)10-17(27)24-16-9-8-15(25-26-16)23-14-7-6-13(20)18(21)19(14)22/h2-9H,10H2,1H3,(H,23,25)(H,24,26,27). The Morgan fingerprint density at radius 2 is 1.63 bits per heavy atom. The van der Waals surface area contributed by atoms with Crippen molar-refractivity contribution in [3.8, 4) is 0 Å². The summed E-state index contributed by atoms with van der Waals surface area (Å²) in [7, 11) is 0. The third-order valence-electron chi connectivity index (χ3n) is 3.84. The van der Waals surface area contributed by atoms with Crippen LogP contribution in [0.1, 0.15) is 11.1 Å². The zero-order chi connectivity index (χ0) is 19.4. The molecular weight excluding hydrogens is 357 g/mol. The average molecular weight is 372 g/mol. The Morgan fingerprint density at radius 1 is 0.926 bits per heavy atom. The van der Waals surface area contributed by atoms with Crippen molar-refractivity contribution in [3.05, 3.63) is 77.1 Å². The van der Waals surface area contributed by atoms with Crippen LogP contribution in [0.25, 0.3) is 0 Å². The summed E-state index contributed by atoms with van der Waals surface area (Å²) in [5.41, 5.74) is 1.63. The minimum Gasteiger partial charge on any atom is -0.336 e. The number of rotatable bonds is 5. The van der Waals surface area contributed by atoms with Gasteiger partial charge in [-0.1, -0.05) is 24.3 Å². The van der Waals surface area contributed by atoms with E-state index < -0.39 is 17.5 Å². The lowest BCUT2D eigenvalue weighted by molar-refractivity contribution is -0.115. The fraction of sp³-hybridized carbons (Fsp3) is 0.105. The predicted octanol–water partition coefficient (Wildman–Crippen LogP) is 4.13. The van der Waals surface area contributed by atoms with Gasteiger partial charge in [0.1, 0.15) is 0 Å². The highest BCUT2D eigenvalue weighted by Gasteiger charge is 2.14. The van der Waals surface area contributed by atoms with Crippen molar-refractivity contribution < 1.29 is 18.0 Å². The van der Waals surface area contributed by atoms with Gasteiger partial charge in [0.2, 0.25) is 5.91 Å². The summed E-state index contributed by atoms with van der Waals surface area (Å²) >= 11 is 0. The summed E-state index contributed by atoms with van der Waals surface area (Å²) < 4.78 is 39.8. The molecule has 3 aromatic rings. The Bertz CT molecular complexity index is 977. The number of nitrogens with one attached hydrogen (secondary N) is 2. The maximum Gasteiger partial charge on any atom is 0.230 e. The van der Waals surface area contributed by atoms with Gasteiger partial charge in [-0.25, -0.2) is 13.2 Å². The van der Waals surface area contributed by atoms with Crippen molar-refractivity contribution in [1.29, 1.82) is 0 Å². The van der Waals surface area contributed by atoms with Gasteiger partial charge in [-0.3, -0.25) is 4.79 Å². The molecule has 5 nitrogen and oxygen atoms in total. The lowest BCUT2D eigenvalue weighted by Crippen LogP contribution is -2.16. The second-order valence-corrected chi connectivity index (χ2v) is 5.80. The van der Waals surface area contributed by atoms with E-state index in [0.717, 1.165) is 23.3 Å². The molecule has 0 spiro atoms. The molecule has 0 aliphatic heterocycles. The second kappa shape index (κ2) is 7.86. The first kappa shape index (κ1) is 18.4. The zero-order valence-corrected chi connectivity index (χ0v) is 14.3. The molecule has 2 aromatic carbocycles. The van der Waals surface area contributed by atoms with Gasteiger partial charge in [-0.15, -0.1) is 10.2 Å². The number of anilines is 3. The van der Waals surface area contributed by atoms with Gasteiger partial charge in [0.15, 0.2) is 29.1 Å². The van der Waals surface area contributed by atoms with Crippen molar-refractivity contribution in [2.75, 3.05) is 10.6 Å². The van der Waals surface area contributed by atoms with Crippen LogP contribution in [0, 0.1) is 24.4 Å². The molecule has 138 valence electrons. The van der Waals surface area contributed by atoms with Gasteiger partial charge in [-0.05, 0) is 42.3 Å².